The van der Waals surface area contributed by atoms with Gasteiger partial charge in [-0.3, -0.25) is 0 Å². The highest BCUT2D eigenvalue weighted by Crippen LogP contribution is 2.38. The van der Waals surface area contributed by atoms with E-state index in [1.165, 1.54) is 10.4 Å². The Morgan fingerprint density at radius 2 is 1.50 bits per heavy atom. The molecule has 0 N–H and O–H groups in total. The van der Waals surface area contributed by atoms with Crippen LogP contribution in [0.3, 0.4) is 0 Å². The number of hydrogen-bond acceptors (Lipinski definition) is 5. The lowest BCUT2D eigenvalue weighted by atomic mass is 10.0. The van der Waals surface area contributed by atoms with Crippen molar-refractivity contribution in [3.63, 3.8) is 0 Å². The number of ether oxygens (including phenoxy) is 2. The zero-order valence-electron chi connectivity index (χ0n) is 23.3. The Balaban J connectivity index is 1.69. The fourth-order valence-corrected chi connectivity index (χ4v) is 11.6. The second-order valence-electron chi connectivity index (χ2n) is 11.7. The fraction of sp³-hybridized carbons (Fsp3) is 0.419. The lowest BCUT2D eigenvalue weighted by molar-refractivity contribution is -0.290. The zero-order valence-corrected chi connectivity index (χ0v) is 25.1. The zero-order chi connectivity index (χ0) is 27.6. The maximum Gasteiger partial charge on any atom is 0.261 e. The van der Waals surface area contributed by atoms with Crippen molar-refractivity contribution >= 4 is 28.5 Å². The molecule has 38 heavy (non-hydrogen) atoms. The van der Waals surface area contributed by atoms with Crippen molar-refractivity contribution in [2.45, 2.75) is 63.4 Å². The predicted octanol–water partition coefficient (Wildman–Crippen LogP) is 5.11. The number of rotatable bonds is 8. The number of sulfone groups is 1. The summed E-state index contributed by atoms with van der Waals surface area (Å²) in [5.41, 5.74) is 0.908. The van der Waals surface area contributed by atoms with Crippen molar-refractivity contribution in [3.8, 4) is 0 Å². The van der Waals surface area contributed by atoms with E-state index in [1.807, 2.05) is 39.0 Å². The first-order valence-electron chi connectivity index (χ1n) is 13.2. The van der Waals surface area contributed by atoms with E-state index in [0.29, 0.717) is 18.1 Å². The van der Waals surface area contributed by atoms with Crippen LogP contribution in [-0.2, 0) is 23.7 Å². The van der Waals surface area contributed by atoms with Gasteiger partial charge in [0.2, 0.25) is 0 Å². The smallest absolute Gasteiger partial charge is 0.261 e. The summed E-state index contributed by atoms with van der Waals surface area (Å²) >= 11 is 0. The van der Waals surface area contributed by atoms with Gasteiger partial charge in [0.05, 0.1) is 23.4 Å². The number of benzene rings is 3. The van der Waals surface area contributed by atoms with Crippen LogP contribution in [0.4, 0.5) is 0 Å². The number of hydrogen-bond donors (Lipinski definition) is 0. The topological polar surface area (TPSA) is 61.8 Å². The SMILES string of the molecule is Cc1cccc(S(=O)(=O)CC2OC(C)(C)OCC2CO[Si](c2ccccc2)(c2ccccc2)C(C)(C)C)c1. The van der Waals surface area contributed by atoms with Crippen LogP contribution in [0, 0.1) is 12.8 Å². The maximum atomic E-state index is 13.5. The van der Waals surface area contributed by atoms with Gasteiger partial charge in [-0.2, -0.15) is 0 Å². The van der Waals surface area contributed by atoms with Gasteiger partial charge < -0.3 is 13.9 Å². The summed E-state index contributed by atoms with van der Waals surface area (Å²) in [4.78, 5) is 0.317. The van der Waals surface area contributed by atoms with Crippen molar-refractivity contribution in [2.24, 2.45) is 5.92 Å². The molecule has 1 aliphatic heterocycles. The largest absolute Gasteiger partial charge is 0.407 e. The van der Waals surface area contributed by atoms with Gasteiger partial charge in [-0.1, -0.05) is 93.6 Å². The molecule has 1 aliphatic rings. The molecule has 1 saturated heterocycles. The Kier molecular flexibility index (Phi) is 8.36. The standard InChI is InChI=1S/C31H40O5SSi/c1-24-14-13-15-26(20-24)37(32,33)23-29-25(21-34-31(5,6)36-29)22-35-38(30(2,3)4,27-16-9-7-10-17-27)28-18-11-8-12-19-28/h7-20,25,29H,21-23H2,1-6H3. The van der Waals surface area contributed by atoms with Crippen LogP contribution < -0.4 is 10.4 Å². The van der Waals surface area contributed by atoms with Crippen molar-refractivity contribution in [2.75, 3.05) is 19.0 Å². The molecule has 1 fully saturated rings. The van der Waals surface area contributed by atoms with Crippen LogP contribution in [0.5, 0.6) is 0 Å². The van der Waals surface area contributed by atoms with Gasteiger partial charge in [-0.15, -0.1) is 0 Å². The van der Waals surface area contributed by atoms with Crippen LogP contribution >= 0.6 is 0 Å². The fourth-order valence-electron chi connectivity index (χ4n) is 5.35. The summed E-state index contributed by atoms with van der Waals surface area (Å²) in [6.45, 7) is 12.9. The first-order valence-corrected chi connectivity index (χ1v) is 16.8. The molecule has 2 unspecified atom stereocenters. The maximum absolute atomic E-state index is 13.5. The van der Waals surface area contributed by atoms with Crippen molar-refractivity contribution in [3.05, 3.63) is 90.5 Å². The lowest BCUT2D eigenvalue weighted by Gasteiger charge is -2.46. The average Bonchev–Trinajstić information content (AvgIpc) is 2.85. The van der Waals surface area contributed by atoms with E-state index in [4.69, 9.17) is 13.9 Å². The van der Waals surface area contributed by atoms with Crippen LogP contribution in [0.1, 0.15) is 40.2 Å². The first kappa shape index (κ1) is 28.7. The van der Waals surface area contributed by atoms with Gasteiger partial charge in [0, 0.05) is 12.5 Å². The third-order valence-corrected chi connectivity index (χ3v) is 14.0. The highest BCUT2D eigenvalue weighted by molar-refractivity contribution is 7.91. The van der Waals surface area contributed by atoms with Crippen LogP contribution in [-0.4, -0.2) is 47.6 Å². The highest BCUT2D eigenvalue weighted by atomic mass is 32.2. The first-order chi connectivity index (χ1) is 17.8. The Morgan fingerprint density at radius 3 is 2.03 bits per heavy atom. The van der Waals surface area contributed by atoms with E-state index >= 15 is 0 Å². The van der Waals surface area contributed by atoms with Gasteiger partial charge in [0.15, 0.2) is 15.6 Å². The Labute approximate surface area is 229 Å². The van der Waals surface area contributed by atoms with Crippen LogP contribution in [0.25, 0.3) is 0 Å². The van der Waals surface area contributed by atoms with E-state index in [1.54, 1.807) is 18.2 Å². The van der Waals surface area contributed by atoms with E-state index < -0.39 is 30.0 Å². The predicted molar refractivity (Wildman–Crippen MR) is 155 cm³/mol. The minimum absolute atomic E-state index is 0.127. The normalized spacial score (nSPS) is 20.3. The van der Waals surface area contributed by atoms with Gasteiger partial charge >= 0.3 is 0 Å². The summed E-state index contributed by atoms with van der Waals surface area (Å²) in [5.74, 6) is -1.25. The van der Waals surface area contributed by atoms with Crippen LogP contribution in [0.15, 0.2) is 89.8 Å². The van der Waals surface area contributed by atoms with E-state index in [0.717, 1.165) is 5.56 Å². The molecule has 1 heterocycles. The number of aryl methyl sites for hydroxylation is 1. The molecule has 3 aromatic carbocycles. The second-order valence-corrected chi connectivity index (χ2v) is 18.0. The average molecular weight is 553 g/mol. The molecular formula is C31H40O5SSi. The highest BCUT2D eigenvalue weighted by Gasteiger charge is 2.51. The summed E-state index contributed by atoms with van der Waals surface area (Å²) in [5, 5.41) is 2.18. The van der Waals surface area contributed by atoms with Gasteiger partial charge in [-0.05, 0) is 53.9 Å². The van der Waals surface area contributed by atoms with E-state index in [-0.39, 0.29) is 16.7 Å². The Morgan fingerprint density at radius 1 is 0.921 bits per heavy atom. The van der Waals surface area contributed by atoms with Crippen molar-refractivity contribution in [1.29, 1.82) is 0 Å². The van der Waals surface area contributed by atoms with Gasteiger partial charge in [0.25, 0.3) is 8.32 Å². The molecule has 0 bridgehead atoms. The minimum Gasteiger partial charge on any atom is -0.407 e. The summed E-state index contributed by atoms with van der Waals surface area (Å²) in [7, 11) is -6.37. The second kappa shape index (κ2) is 11.1. The van der Waals surface area contributed by atoms with Crippen molar-refractivity contribution < 1.29 is 22.3 Å². The summed E-state index contributed by atoms with van der Waals surface area (Å²) < 4.78 is 46.3. The molecule has 0 amide bonds. The molecule has 5 nitrogen and oxygen atoms in total. The molecule has 0 aliphatic carbocycles. The molecule has 204 valence electrons. The Hall–Kier alpha value is -2.29. The molecule has 3 aromatic rings. The third-order valence-electron chi connectivity index (χ3n) is 7.27. The molecule has 0 saturated carbocycles. The minimum atomic E-state index is -3.58. The van der Waals surface area contributed by atoms with Gasteiger partial charge in [-0.25, -0.2) is 8.42 Å². The summed E-state index contributed by atoms with van der Waals surface area (Å²) in [6.07, 6.45) is -0.567. The molecule has 7 heteroatoms. The summed E-state index contributed by atoms with van der Waals surface area (Å²) in [6, 6.07) is 27.9. The quantitative estimate of drug-likeness (QED) is 0.364. The lowest BCUT2D eigenvalue weighted by Crippen LogP contribution is -2.67. The molecular weight excluding hydrogens is 512 g/mol. The molecule has 0 spiro atoms. The third kappa shape index (κ3) is 6.13. The van der Waals surface area contributed by atoms with Crippen molar-refractivity contribution in [1.82, 2.24) is 0 Å². The molecule has 4 rings (SSSR count). The van der Waals surface area contributed by atoms with Gasteiger partial charge in [0.1, 0.15) is 0 Å². The monoisotopic (exact) mass is 552 g/mol. The van der Waals surface area contributed by atoms with E-state index in [9.17, 15) is 8.42 Å². The molecule has 0 radical (unpaired) electrons. The van der Waals surface area contributed by atoms with E-state index in [2.05, 4.69) is 69.3 Å². The Bertz CT molecular complexity index is 1280. The molecule has 0 aromatic heterocycles. The van der Waals surface area contributed by atoms with Crippen LogP contribution in [0.2, 0.25) is 5.04 Å². The molecule has 2 atom stereocenters.